The number of rotatable bonds is 5. The number of amides is 1. The van der Waals surface area contributed by atoms with Crippen molar-refractivity contribution >= 4 is 5.91 Å². The summed E-state index contributed by atoms with van der Waals surface area (Å²) in [5.41, 5.74) is 9.16. The first-order valence-electron chi connectivity index (χ1n) is 6.50. The van der Waals surface area contributed by atoms with Gasteiger partial charge in [-0.05, 0) is 44.4 Å². The first-order valence-corrected chi connectivity index (χ1v) is 6.50. The van der Waals surface area contributed by atoms with Crippen molar-refractivity contribution in [2.75, 3.05) is 6.54 Å². The van der Waals surface area contributed by atoms with Gasteiger partial charge in [0.25, 0.3) is 0 Å². The van der Waals surface area contributed by atoms with Crippen LogP contribution in [0.1, 0.15) is 43.0 Å². The van der Waals surface area contributed by atoms with Crippen molar-refractivity contribution in [3.63, 3.8) is 0 Å². The molecule has 18 heavy (non-hydrogen) atoms. The second-order valence-electron chi connectivity index (χ2n) is 5.19. The fourth-order valence-corrected chi connectivity index (χ4v) is 2.09. The average Bonchev–Trinajstić information content (AvgIpc) is 2.28. The molecule has 1 amide bonds. The number of nitrogens with two attached hydrogens (primary N) is 1. The molecule has 0 bridgehead atoms. The molecule has 0 radical (unpaired) electrons. The van der Waals surface area contributed by atoms with E-state index in [4.69, 9.17) is 5.73 Å². The van der Waals surface area contributed by atoms with Crippen LogP contribution >= 0.6 is 0 Å². The molecule has 100 valence electrons. The van der Waals surface area contributed by atoms with Crippen LogP contribution in [-0.2, 0) is 4.79 Å². The first kappa shape index (κ1) is 14.7. The summed E-state index contributed by atoms with van der Waals surface area (Å²) in [6.45, 7) is 8.70. The van der Waals surface area contributed by atoms with Crippen LogP contribution in [0.4, 0.5) is 0 Å². The van der Waals surface area contributed by atoms with Crippen LogP contribution < -0.4 is 11.1 Å². The lowest BCUT2D eigenvalue weighted by molar-refractivity contribution is -0.122. The largest absolute Gasteiger partial charge is 0.350 e. The van der Waals surface area contributed by atoms with Crippen LogP contribution in [0.15, 0.2) is 18.2 Å². The SMILES string of the molecule is Cc1ccc(C(C)NC(=O)CC(C)CN)c(C)c1. The molecule has 0 saturated heterocycles. The minimum absolute atomic E-state index is 0.0445. The van der Waals surface area contributed by atoms with Gasteiger partial charge in [0.05, 0.1) is 6.04 Å². The Bertz CT molecular complexity index is 415. The molecule has 0 spiro atoms. The molecule has 2 unspecified atom stereocenters. The molecule has 2 atom stereocenters. The normalized spacial score (nSPS) is 14.1. The second-order valence-corrected chi connectivity index (χ2v) is 5.19. The fourth-order valence-electron chi connectivity index (χ4n) is 2.09. The quantitative estimate of drug-likeness (QED) is 0.841. The van der Waals surface area contributed by atoms with E-state index in [1.165, 1.54) is 16.7 Å². The standard InChI is InChI=1S/C15H24N2O/c1-10-5-6-14(12(3)7-10)13(4)17-15(18)8-11(2)9-16/h5-7,11,13H,8-9,16H2,1-4H3,(H,17,18). The van der Waals surface area contributed by atoms with Crippen molar-refractivity contribution in [1.29, 1.82) is 0 Å². The van der Waals surface area contributed by atoms with E-state index in [1.54, 1.807) is 0 Å². The van der Waals surface area contributed by atoms with Crippen LogP contribution in [0.2, 0.25) is 0 Å². The molecule has 3 nitrogen and oxygen atoms in total. The molecule has 0 aliphatic heterocycles. The number of carbonyl (C=O) groups is 1. The van der Waals surface area contributed by atoms with E-state index in [9.17, 15) is 4.79 Å². The van der Waals surface area contributed by atoms with Crippen molar-refractivity contribution in [2.24, 2.45) is 11.7 Å². The zero-order valence-corrected chi connectivity index (χ0v) is 11.8. The van der Waals surface area contributed by atoms with Crippen LogP contribution in [0, 0.1) is 19.8 Å². The Morgan fingerprint density at radius 2 is 2.00 bits per heavy atom. The summed E-state index contributed by atoms with van der Waals surface area (Å²) in [7, 11) is 0. The van der Waals surface area contributed by atoms with Gasteiger partial charge in [-0.2, -0.15) is 0 Å². The van der Waals surface area contributed by atoms with Gasteiger partial charge in [0.1, 0.15) is 0 Å². The molecular weight excluding hydrogens is 224 g/mol. The maximum absolute atomic E-state index is 11.8. The van der Waals surface area contributed by atoms with E-state index < -0.39 is 0 Å². The molecule has 1 aromatic rings. The highest BCUT2D eigenvalue weighted by Gasteiger charge is 2.13. The molecule has 0 fully saturated rings. The van der Waals surface area contributed by atoms with E-state index in [0.29, 0.717) is 13.0 Å². The van der Waals surface area contributed by atoms with Gasteiger partial charge in [-0.3, -0.25) is 4.79 Å². The fraction of sp³-hybridized carbons (Fsp3) is 0.533. The third kappa shape index (κ3) is 4.15. The summed E-state index contributed by atoms with van der Waals surface area (Å²) >= 11 is 0. The highest BCUT2D eigenvalue weighted by molar-refractivity contribution is 5.76. The first-order chi connectivity index (χ1) is 8.43. The van der Waals surface area contributed by atoms with Crippen molar-refractivity contribution in [2.45, 2.75) is 40.2 Å². The lowest BCUT2D eigenvalue weighted by Gasteiger charge is -2.18. The molecule has 3 heteroatoms. The maximum Gasteiger partial charge on any atom is 0.220 e. The van der Waals surface area contributed by atoms with Gasteiger partial charge in [-0.15, -0.1) is 0 Å². The van der Waals surface area contributed by atoms with Crippen molar-refractivity contribution in [3.8, 4) is 0 Å². The van der Waals surface area contributed by atoms with Crippen molar-refractivity contribution in [1.82, 2.24) is 5.32 Å². The maximum atomic E-state index is 11.8. The number of aryl methyl sites for hydroxylation is 2. The number of hydrogen-bond acceptors (Lipinski definition) is 2. The summed E-state index contributed by atoms with van der Waals surface area (Å²) < 4.78 is 0. The van der Waals surface area contributed by atoms with E-state index >= 15 is 0 Å². The summed E-state index contributed by atoms with van der Waals surface area (Å²) in [5.74, 6) is 0.303. The van der Waals surface area contributed by atoms with Gasteiger partial charge in [0, 0.05) is 6.42 Å². The lowest BCUT2D eigenvalue weighted by Crippen LogP contribution is -2.29. The monoisotopic (exact) mass is 248 g/mol. The number of benzene rings is 1. The van der Waals surface area contributed by atoms with E-state index in [-0.39, 0.29) is 17.9 Å². The third-order valence-corrected chi connectivity index (χ3v) is 3.21. The van der Waals surface area contributed by atoms with Gasteiger partial charge < -0.3 is 11.1 Å². The molecule has 0 saturated carbocycles. The van der Waals surface area contributed by atoms with Crippen LogP contribution in [0.3, 0.4) is 0 Å². The number of carbonyl (C=O) groups excluding carboxylic acids is 1. The van der Waals surface area contributed by atoms with Crippen molar-refractivity contribution in [3.05, 3.63) is 34.9 Å². The summed E-state index contributed by atoms with van der Waals surface area (Å²) in [6.07, 6.45) is 0.492. The Morgan fingerprint density at radius 1 is 1.33 bits per heavy atom. The van der Waals surface area contributed by atoms with Crippen LogP contribution in [0.25, 0.3) is 0 Å². The average molecular weight is 248 g/mol. The topological polar surface area (TPSA) is 55.1 Å². The molecule has 0 aliphatic rings. The van der Waals surface area contributed by atoms with E-state index in [2.05, 4.69) is 37.4 Å². The molecule has 3 N–H and O–H groups in total. The van der Waals surface area contributed by atoms with Gasteiger partial charge in [0.2, 0.25) is 5.91 Å². The Labute approximate surface area is 110 Å². The Hall–Kier alpha value is -1.35. The van der Waals surface area contributed by atoms with Gasteiger partial charge >= 0.3 is 0 Å². The van der Waals surface area contributed by atoms with Gasteiger partial charge in [-0.1, -0.05) is 30.7 Å². The molecular formula is C15H24N2O. The Kier molecular flexibility index (Phi) is 5.35. The smallest absolute Gasteiger partial charge is 0.220 e. The second kappa shape index (κ2) is 6.55. The third-order valence-electron chi connectivity index (χ3n) is 3.21. The zero-order chi connectivity index (χ0) is 13.7. The molecule has 0 aliphatic carbocycles. The Morgan fingerprint density at radius 3 is 2.56 bits per heavy atom. The molecule has 0 aromatic heterocycles. The van der Waals surface area contributed by atoms with E-state index in [1.807, 2.05) is 13.8 Å². The predicted octanol–water partition coefficient (Wildman–Crippen LogP) is 2.47. The summed E-state index contributed by atoms with van der Waals surface area (Å²) in [5, 5.41) is 3.03. The van der Waals surface area contributed by atoms with Crippen molar-refractivity contribution < 1.29 is 4.79 Å². The minimum Gasteiger partial charge on any atom is -0.350 e. The lowest BCUT2D eigenvalue weighted by atomic mass is 10.00. The Balaban J connectivity index is 2.64. The van der Waals surface area contributed by atoms with Crippen LogP contribution in [0.5, 0.6) is 0 Å². The molecule has 1 rings (SSSR count). The number of hydrogen-bond donors (Lipinski definition) is 2. The van der Waals surface area contributed by atoms with Gasteiger partial charge in [0.15, 0.2) is 0 Å². The minimum atomic E-state index is 0.0445. The van der Waals surface area contributed by atoms with E-state index in [0.717, 1.165) is 0 Å². The van der Waals surface area contributed by atoms with Crippen LogP contribution in [-0.4, -0.2) is 12.5 Å². The highest BCUT2D eigenvalue weighted by atomic mass is 16.1. The zero-order valence-electron chi connectivity index (χ0n) is 11.8. The summed E-state index contributed by atoms with van der Waals surface area (Å²) in [4.78, 5) is 11.8. The predicted molar refractivity (Wildman–Crippen MR) is 75.3 cm³/mol. The van der Waals surface area contributed by atoms with Gasteiger partial charge in [-0.25, -0.2) is 0 Å². The number of nitrogens with one attached hydrogen (secondary N) is 1. The molecule has 0 heterocycles. The molecule has 1 aromatic carbocycles. The summed E-state index contributed by atoms with van der Waals surface area (Å²) in [6, 6.07) is 6.35. The highest BCUT2D eigenvalue weighted by Crippen LogP contribution is 2.18.